The number of ether oxygens (including phenoxy) is 2. The monoisotopic (exact) mass is 375 g/mol. The molecule has 1 fully saturated rings. The number of carbonyl (C=O) groups is 2. The number of nitrogens with zero attached hydrogens (tertiary/aromatic N) is 1. The van der Waals surface area contributed by atoms with E-state index in [4.69, 9.17) is 9.47 Å². The van der Waals surface area contributed by atoms with Gasteiger partial charge in [-0.25, -0.2) is 13.6 Å². The maximum absolute atomic E-state index is 13.8. The Kier molecular flexibility index (Phi) is 5.69. The van der Waals surface area contributed by atoms with Gasteiger partial charge in [0.2, 0.25) is 5.91 Å². The van der Waals surface area contributed by atoms with Crippen molar-refractivity contribution in [3.63, 3.8) is 0 Å². The van der Waals surface area contributed by atoms with Gasteiger partial charge in [-0.15, -0.1) is 0 Å². The first-order valence-corrected chi connectivity index (χ1v) is 8.51. The first-order chi connectivity index (χ1) is 13.0. The van der Waals surface area contributed by atoms with Gasteiger partial charge in [0.15, 0.2) is 11.6 Å². The molecule has 5 nitrogen and oxygen atoms in total. The molecule has 0 bridgehead atoms. The van der Waals surface area contributed by atoms with Crippen molar-refractivity contribution in [2.75, 3.05) is 13.7 Å². The zero-order valence-corrected chi connectivity index (χ0v) is 14.7. The summed E-state index contributed by atoms with van der Waals surface area (Å²) in [5, 5.41) is 0. The number of halogens is 2. The van der Waals surface area contributed by atoms with Gasteiger partial charge in [0.1, 0.15) is 18.0 Å². The van der Waals surface area contributed by atoms with Crippen LogP contribution in [0.3, 0.4) is 0 Å². The molecular weight excluding hydrogens is 356 g/mol. The number of rotatable bonds is 5. The van der Waals surface area contributed by atoms with Gasteiger partial charge in [-0.05, 0) is 29.8 Å². The van der Waals surface area contributed by atoms with Crippen molar-refractivity contribution >= 4 is 11.9 Å². The third-order valence-electron chi connectivity index (χ3n) is 4.46. The minimum atomic E-state index is -0.806. The smallest absolute Gasteiger partial charge is 0.328 e. The lowest BCUT2D eigenvalue weighted by Gasteiger charge is -2.22. The summed E-state index contributed by atoms with van der Waals surface area (Å²) >= 11 is 0. The minimum absolute atomic E-state index is 0.0141. The SMILES string of the molecule is COC(=O)C1CC(Oc2ccccc2F)CN1C(=O)Cc1ccc(F)cc1. The molecule has 0 spiro atoms. The average Bonchev–Trinajstić information content (AvgIpc) is 3.09. The van der Waals surface area contributed by atoms with Crippen LogP contribution in [0.4, 0.5) is 8.78 Å². The van der Waals surface area contributed by atoms with Gasteiger partial charge in [0.05, 0.1) is 20.1 Å². The van der Waals surface area contributed by atoms with Crippen molar-refractivity contribution < 1.29 is 27.8 Å². The number of likely N-dealkylation sites (tertiary alicyclic amines) is 1. The van der Waals surface area contributed by atoms with Crippen molar-refractivity contribution in [2.45, 2.75) is 25.0 Å². The van der Waals surface area contributed by atoms with Gasteiger partial charge < -0.3 is 14.4 Å². The van der Waals surface area contributed by atoms with E-state index < -0.39 is 29.7 Å². The van der Waals surface area contributed by atoms with E-state index in [-0.39, 0.29) is 31.0 Å². The van der Waals surface area contributed by atoms with Crippen LogP contribution < -0.4 is 4.74 Å². The molecule has 1 heterocycles. The largest absolute Gasteiger partial charge is 0.485 e. The topological polar surface area (TPSA) is 55.8 Å². The second kappa shape index (κ2) is 8.16. The fourth-order valence-electron chi connectivity index (χ4n) is 3.12. The van der Waals surface area contributed by atoms with E-state index in [0.29, 0.717) is 5.56 Å². The molecule has 1 saturated heterocycles. The van der Waals surface area contributed by atoms with E-state index in [1.54, 1.807) is 12.1 Å². The highest BCUT2D eigenvalue weighted by atomic mass is 19.1. The van der Waals surface area contributed by atoms with E-state index in [0.717, 1.165) is 0 Å². The molecule has 0 radical (unpaired) electrons. The molecule has 0 aliphatic carbocycles. The zero-order valence-electron chi connectivity index (χ0n) is 14.7. The Labute approximate surface area is 155 Å². The van der Waals surface area contributed by atoms with E-state index in [1.807, 2.05) is 0 Å². The summed E-state index contributed by atoms with van der Waals surface area (Å²) < 4.78 is 37.3. The van der Waals surface area contributed by atoms with Crippen molar-refractivity contribution in [1.82, 2.24) is 4.90 Å². The Balaban J connectivity index is 1.73. The maximum Gasteiger partial charge on any atom is 0.328 e. The number of hydrogen-bond acceptors (Lipinski definition) is 4. The normalized spacial score (nSPS) is 19.0. The molecule has 142 valence electrons. The van der Waals surface area contributed by atoms with Gasteiger partial charge in [0, 0.05) is 6.42 Å². The summed E-state index contributed by atoms with van der Waals surface area (Å²) in [5.41, 5.74) is 0.628. The molecule has 2 aromatic carbocycles. The summed E-state index contributed by atoms with van der Waals surface area (Å²) in [4.78, 5) is 26.2. The van der Waals surface area contributed by atoms with Crippen molar-refractivity contribution in [2.24, 2.45) is 0 Å². The van der Waals surface area contributed by atoms with Gasteiger partial charge in [-0.3, -0.25) is 4.79 Å². The molecule has 0 N–H and O–H groups in total. The third kappa shape index (κ3) is 4.42. The molecule has 1 aliphatic rings. The van der Waals surface area contributed by atoms with Crippen molar-refractivity contribution in [3.05, 3.63) is 65.7 Å². The summed E-state index contributed by atoms with van der Waals surface area (Å²) in [6.45, 7) is 0.133. The summed E-state index contributed by atoms with van der Waals surface area (Å²) in [5.74, 6) is -1.70. The van der Waals surface area contributed by atoms with Gasteiger partial charge in [-0.1, -0.05) is 24.3 Å². The predicted molar refractivity (Wildman–Crippen MR) is 93.1 cm³/mol. The molecule has 27 heavy (non-hydrogen) atoms. The second-order valence-corrected chi connectivity index (χ2v) is 6.29. The molecule has 2 atom stereocenters. The minimum Gasteiger partial charge on any atom is -0.485 e. The summed E-state index contributed by atoms with van der Waals surface area (Å²) in [6, 6.07) is 10.7. The van der Waals surface area contributed by atoms with Crippen LogP contribution in [0.1, 0.15) is 12.0 Å². The van der Waals surface area contributed by atoms with Crippen LogP contribution in [0.5, 0.6) is 5.75 Å². The van der Waals surface area contributed by atoms with Crippen LogP contribution in [-0.2, 0) is 20.7 Å². The lowest BCUT2D eigenvalue weighted by atomic mass is 10.1. The highest BCUT2D eigenvalue weighted by Crippen LogP contribution is 2.26. The Morgan fingerprint density at radius 2 is 1.81 bits per heavy atom. The van der Waals surface area contributed by atoms with Gasteiger partial charge in [0.25, 0.3) is 0 Å². The number of carbonyl (C=O) groups excluding carboxylic acids is 2. The Morgan fingerprint density at radius 3 is 2.48 bits per heavy atom. The van der Waals surface area contributed by atoms with Crippen LogP contribution in [0.2, 0.25) is 0 Å². The van der Waals surface area contributed by atoms with Crippen LogP contribution in [-0.4, -0.2) is 42.6 Å². The van der Waals surface area contributed by atoms with Gasteiger partial charge >= 0.3 is 5.97 Å². The van der Waals surface area contributed by atoms with Crippen LogP contribution in [0.25, 0.3) is 0 Å². The molecule has 2 unspecified atom stereocenters. The van der Waals surface area contributed by atoms with Crippen molar-refractivity contribution in [3.8, 4) is 5.75 Å². The Hall–Kier alpha value is -2.96. The van der Waals surface area contributed by atoms with Gasteiger partial charge in [-0.2, -0.15) is 0 Å². The van der Waals surface area contributed by atoms with E-state index >= 15 is 0 Å². The molecule has 2 aromatic rings. The lowest BCUT2D eigenvalue weighted by Crippen LogP contribution is -2.42. The quantitative estimate of drug-likeness (QED) is 0.754. The Morgan fingerprint density at radius 1 is 1.11 bits per heavy atom. The van der Waals surface area contributed by atoms with Crippen molar-refractivity contribution in [1.29, 1.82) is 0 Å². The maximum atomic E-state index is 13.8. The Bertz CT molecular complexity index is 825. The molecule has 1 amide bonds. The molecule has 0 aromatic heterocycles. The third-order valence-corrected chi connectivity index (χ3v) is 4.46. The molecular formula is C20H19F2NO4. The zero-order chi connectivity index (χ0) is 19.4. The average molecular weight is 375 g/mol. The predicted octanol–water partition coefficient (Wildman–Crippen LogP) is 2.73. The fraction of sp³-hybridized carbons (Fsp3) is 0.300. The summed E-state index contributed by atoms with van der Waals surface area (Å²) in [7, 11) is 1.25. The fourth-order valence-corrected chi connectivity index (χ4v) is 3.12. The number of amides is 1. The molecule has 7 heteroatoms. The first-order valence-electron chi connectivity index (χ1n) is 8.51. The molecule has 0 saturated carbocycles. The standard InChI is InChI=1S/C20H19F2NO4/c1-26-20(25)17-11-15(27-18-5-3-2-4-16(18)22)12-23(17)19(24)10-13-6-8-14(21)9-7-13/h2-9,15,17H,10-12H2,1H3. The first kappa shape index (κ1) is 18.8. The van der Waals surface area contributed by atoms with E-state index in [2.05, 4.69) is 0 Å². The van der Waals surface area contributed by atoms with Crippen LogP contribution in [0, 0.1) is 11.6 Å². The molecule has 1 aliphatic heterocycles. The van der Waals surface area contributed by atoms with Crippen LogP contribution in [0.15, 0.2) is 48.5 Å². The number of hydrogen-bond donors (Lipinski definition) is 0. The second-order valence-electron chi connectivity index (χ2n) is 6.29. The number of esters is 1. The summed E-state index contributed by atoms with van der Waals surface area (Å²) in [6.07, 6.45) is -0.320. The van der Waals surface area contributed by atoms with Crippen LogP contribution >= 0.6 is 0 Å². The lowest BCUT2D eigenvalue weighted by molar-refractivity contribution is -0.150. The van der Waals surface area contributed by atoms with E-state index in [1.165, 1.54) is 48.4 Å². The highest BCUT2D eigenvalue weighted by molar-refractivity contribution is 5.86. The molecule has 3 rings (SSSR count). The highest BCUT2D eigenvalue weighted by Gasteiger charge is 2.41. The number of para-hydroxylation sites is 1. The van der Waals surface area contributed by atoms with E-state index in [9.17, 15) is 18.4 Å². The number of benzene rings is 2. The number of methoxy groups -OCH3 is 1.